The number of rotatable bonds is 8. The van der Waals surface area contributed by atoms with Crippen molar-refractivity contribution in [3.05, 3.63) is 262 Å². The molecule has 2 aromatic heterocycles. The highest BCUT2D eigenvalue weighted by Gasteiger charge is 2.50. The molecule has 0 saturated heterocycles. The van der Waals surface area contributed by atoms with E-state index in [2.05, 4.69) is 257 Å². The molecule has 0 fully saturated rings. The quantitative estimate of drug-likeness (QED) is 0.152. The Bertz CT molecular complexity index is 3970. The Balaban J connectivity index is 1.28. The molecule has 0 amide bonds. The molecule has 1 aliphatic carbocycles. The molecule has 1 aliphatic rings. The highest BCUT2D eigenvalue weighted by Crippen LogP contribution is 2.64. The third-order valence-electron chi connectivity index (χ3n) is 14.8. The number of nitrogens with zero attached hydrogens (tertiary/aromatic N) is 2. The predicted octanol–water partition coefficient (Wildman–Crippen LogP) is 18.3. The molecule has 0 bridgehead atoms. The topological polar surface area (TPSA) is 32.8 Å². The van der Waals surface area contributed by atoms with E-state index in [0.29, 0.717) is 0 Å². The van der Waals surface area contributed by atoms with Crippen LogP contribution in [0.3, 0.4) is 0 Å². The van der Waals surface area contributed by atoms with Crippen LogP contribution < -0.4 is 9.80 Å². The average Bonchev–Trinajstić information content (AvgIpc) is 4.07. The minimum absolute atomic E-state index is 0.828. The van der Waals surface area contributed by atoms with E-state index in [0.717, 1.165) is 111 Å². The van der Waals surface area contributed by atoms with E-state index in [-0.39, 0.29) is 0 Å². The van der Waals surface area contributed by atoms with Gasteiger partial charge < -0.3 is 18.6 Å². The van der Waals surface area contributed by atoms with Gasteiger partial charge in [0.2, 0.25) is 0 Å². The molecule has 0 aliphatic heterocycles. The minimum Gasteiger partial charge on any atom is -0.455 e. The van der Waals surface area contributed by atoms with Gasteiger partial charge in [0.25, 0.3) is 0 Å². The maximum absolute atomic E-state index is 7.45. The maximum Gasteiger partial charge on any atom is 0.145 e. The Morgan fingerprint density at radius 2 is 0.757 bits per heavy atom. The van der Waals surface area contributed by atoms with Crippen molar-refractivity contribution in [2.45, 2.75) is 40.0 Å². The summed E-state index contributed by atoms with van der Waals surface area (Å²) < 4.78 is 14.9. The largest absolute Gasteiger partial charge is 0.455 e. The molecule has 336 valence electrons. The number of furan rings is 2. The van der Waals surface area contributed by atoms with Gasteiger partial charge in [0, 0.05) is 44.6 Å². The summed E-state index contributed by atoms with van der Waals surface area (Å²) in [6.07, 6.45) is 0. The van der Waals surface area contributed by atoms with E-state index in [4.69, 9.17) is 8.83 Å². The Hall–Kier alpha value is -8.60. The van der Waals surface area contributed by atoms with E-state index >= 15 is 0 Å². The second-order valence-corrected chi connectivity index (χ2v) is 19.1. The molecule has 0 unspecified atom stereocenters. The summed E-state index contributed by atoms with van der Waals surface area (Å²) in [7, 11) is 0. The number of aryl methyl sites for hydroxylation is 5. The van der Waals surface area contributed by atoms with Crippen LogP contribution in [0.5, 0.6) is 0 Å². The predicted molar refractivity (Wildman–Crippen MR) is 291 cm³/mol. The molecule has 4 nitrogen and oxygen atoms in total. The third-order valence-corrected chi connectivity index (χ3v) is 14.8. The zero-order chi connectivity index (χ0) is 47.3. The number of hydrogen-bond acceptors (Lipinski definition) is 4. The normalized spacial score (nSPS) is 12.8. The van der Waals surface area contributed by atoms with E-state index < -0.39 is 5.41 Å². The average molecular weight is 903 g/mol. The number of fused-ring (bicyclic) bond motifs is 11. The fraction of sp³-hybridized carbons (Fsp3) is 0.0909. The molecule has 2 heterocycles. The smallest absolute Gasteiger partial charge is 0.145 e. The van der Waals surface area contributed by atoms with E-state index in [9.17, 15) is 0 Å². The van der Waals surface area contributed by atoms with E-state index in [1.807, 2.05) is 0 Å². The van der Waals surface area contributed by atoms with Gasteiger partial charge in [0.15, 0.2) is 0 Å². The zero-order valence-electron chi connectivity index (χ0n) is 39.9. The van der Waals surface area contributed by atoms with Gasteiger partial charge in [-0.15, -0.1) is 0 Å². The van der Waals surface area contributed by atoms with Gasteiger partial charge in [-0.05, 0) is 139 Å². The molecule has 0 radical (unpaired) electrons. The van der Waals surface area contributed by atoms with Crippen molar-refractivity contribution in [1.82, 2.24) is 0 Å². The first-order chi connectivity index (χ1) is 34.3. The Morgan fingerprint density at radius 3 is 1.27 bits per heavy atom. The molecule has 0 saturated carbocycles. The fourth-order valence-electron chi connectivity index (χ4n) is 11.6. The lowest BCUT2D eigenvalue weighted by molar-refractivity contribution is 0.665. The second-order valence-electron chi connectivity index (χ2n) is 19.1. The number of benzene rings is 10. The summed E-state index contributed by atoms with van der Waals surface area (Å²) >= 11 is 0. The van der Waals surface area contributed by atoms with Gasteiger partial charge in [-0.1, -0.05) is 158 Å². The maximum atomic E-state index is 7.45. The lowest BCUT2D eigenvalue weighted by Crippen LogP contribution is -2.29. The van der Waals surface area contributed by atoms with Gasteiger partial charge in [-0.2, -0.15) is 0 Å². The molecule has 0 atom stereocenters. The van der Waals surface area contributed by atoms with Crippen molar-refractivity contribution in [2.75, 3.05) is 9.80 Å². The summed E-state index contributed by atoms with van der Waals surface area (Å²) in [6.45, 7) is 11.0. The molecule has 12 aromatic rings. The van der Waals surface area contributed by atoms with Crippen LogP contribution in [0.15, 0.2) is 221 Å². The molecule has 10 aromatic carbocycles. The number of para-hydroxylation sites is 4. The molecule has 0 N–H and O–H groups in total. The molecule has 0 spiro atoms. The van der Waals surface area contributed by atoms with E-state index in [1.165, 1.54) is 27.8 Å². The zero-order valence-corrected chi connectivity index (χ0v) is 39.9. The van der Waals surface area contributed by atoms with Crippen LogP contribution in [0, 0.1) is 34.6 Å². The monoisotopic (exact) mass is 902 g/mol. The van der Waals surface area contributed by atoms with Crippen LogP contribution in [-0.4, -0.2) is 0 Å². The Kier molecular flexibility index (Phi) is 9.50. The second kappa shape index (κ2) is 16.0. The highest BCUT2D eigenvalue weighted by molar-refractivity contribution is 6.25. The van der Waals surface area contributed by atoms with Gasteiger partial charge in [-0.3, -0.25) is 0 Å². The van der Waals surface area contributed by atoms with Gasteiger partial charge >= 0.3 is 0 Å². The van der Waals surface area contributed by atoms with Gasteiger partial charge in [0.05, 0.1) is 27.6 Å². The van der Waals surface area contributed by atoms with Crippen molar-refractivity contribution in [3.8, 4) is 11.1 Å². The third kappa shape index (κ3) is 6.09. The summed E-state index contributed by atoms with van der Waals surface area (Å²) in [5, 5.41) is 4.21. The minimum atomic E-state index is -0.861. The van der Waals surface area contributed by atoms with Crippen LogP contribution in [0.25, 0.3) is 55.0 Å². The van der Waals surface area contributed by atoms with Crippen molar-refractivity contribution in [3.63, 3.8) is 0 Å². The van der Waals surface area contributed by atoms with Crippen LogP contribution in [0.2, 0.25) is 0 Å². The van der Waals surface area contributed by atoms with Gasteiger partial charge in [-0.25, -0.2) is 0 Å². The van der Waals surface area contributed by atoms with Crippen molar-refractivity contribution in [1.29, 1.82) is 0 Å². The summed E-state index contributed by atoms with van der Waals surface area (Å²) in [6, 6.07) is 77.4. The first-order valence-corrected chi connectivity index (χ1v) is 24.3. The Morgan fingerprint density at radius 1 is 0.343 bits per heavy atom. The first kappa shape index (κ1) is 41.6. The number of anilines is 6. The summed E-state index contributed by atoms with van der Waals surface area (Å²) in [4.78, 5) is 4.95. The molecule has 70 heavy (non-hydrogen) atoms. The van der Waals surface area contributed by atoms with Crippen LogP contribution in [0.1, 0.15) is 50.1 Å². The molecule has 13 rings (SSSR count). The molecular weight excluding hydrogens is 853 g/mol. The van der Waals surface area contributed by atoms with Gasteiger partial charge in [0.1, 0.15) is 22.3 Å². The van der Waals surface area contributed by atoms with E-state index in [1.54, 1.807) is 0 Å². The fourth-order valence-corrected chi connectivity index (χ4v) is 11.6. The summed E-state index contributed by atoms with van der Waals surface area (Å²) in [5.41, 5.74) is 21.5. The SMILES string of the molecule is Cc1ccc(C)c(N(c2ccccc2)c2cc3c(c4oc5ccccc5c24)-c2c(cc(N(c4ccccc4C)c4cc(C)ccc4C)c4c2oc2ccccc24)C3(c2ccccc2)c2ccccc2)c1. The molecular formula is C66H50N2O2. The first-order valence-electron chi connectivity index (χ1n) is 24.3. The standard InChI is InChI=1S/C66H50N2O2/c1-41-33-35-44(4)54(37-41)67(48-26-13-8-14-27-48)56-39-51-62(64-60(56)49-28-16-19-31-58(49)69-64)63-52(66(51,46-22-9-6-10-23-46)47-24-11-7-12-25-47)40-57(61-50-29-17-20-32-59(50)70-65(61)63)68(53-30-18-15-21-43(53)3)55-38-42(2)34-36-45(55)5/h6-40H,1-5H3. The van der Waals surface area contributed by atoms with Crippen LogP contribution in [-0.2, 0) is 5.41 Å². The lowest BCUT2D eigenvalue weighted by Gasteiger charge is -2.36. The van der Waals surface area contributed by atoms with Crippen LogP contribution in [0.4, 0.5) is 34.1 Å². The lowest BCUT2D eigenvalue weighted by atomic mass is 9.67. The number of hydrogen-bond donors (Lipinski definition) is 0. The Labute approximate surface area is 408 Å². The highest BCUT2D eigenvalue weighted by atomic mass is 16.3. The molecule has 4 heteroatoms. The summed E-state index contributed by atoms with van der Waals surface area (Å²) in [5.74, 6) is 0. The van der Waals surface area contributed by atoms with Crippen molar-refractivity contribution < 1.29 is 8.83 Å². The van der Waals surface area contributed by atoms with Crippen molar-refractivity contribution in [2.24, 2.45) is 0 Å². The van der Waals surface area contributed by atoms with Crippen LogP contribution >= 0.6 is 0 Å². The van der Waals surface area contributed by atoms with Crippen molar-refractivity contribution >= 4 is 78.0 Å².